The first-order valence-corrected chi connectivity index (χ1v) is 13.4. The van der Waals surface area contributed by atoms with Gasteiger partial charge in [-0.3, -0.25) is 4.79 Å². The van der Waals surface area contributed by atoms with Crippen molar-refractivity contribution >= 4 is 11.0 Å². The van der Waals surface area contributed by atoms with E-state index in [9.17, 15) is 50.8 Å². The van der Waals surface area contributed by atoms with E-state index in [-0.39, 0.29) is 34.2 Å². The Kier molecular flexibility index (Phi) is 8.90. The van der Waals surface area contributed by atoms with Crippen LogP contribution in [0.2, 0.25) is 0 Å². The predicted octanol–water partition coefficient (Wildman–Crippen LogP) is -1.74. The fraction of sp³-hybridized carbons (Fsp3) is 0.464. The molecular formula is C28H32O16. The molecule has 0 saturated carbocycles. The molecule has 3 aromatic rings. The zero-order chi connectivity index (χ0) is 32.0. The van der Waals surface area contributed by atoms with Crippen molar-refractivity contribution in [1.29, 1.82) is 0 Å². The van der Waals surface area contributed by atoms with Crippen molar-refractivity contribution in [2.24, 2.45) is 0 Å². The van der Waals surface area contributed by atoms with Crippen molar-refractivity contribution in [3.63, 3.8) is 0 Å². The van der Waals surface area contributed by atoms with Gasteiger partial charge in [0.1, 0.15) is 65.2 Å². The minimum atomic E-state index is -1.80. The summed E-state index contributed by atoms with van der Waals surface area (Å²) in [6, 6.07) is 6.02. The van der Waals surface area contributed by atoms with Crippen LogP contribution >= 0.6 is 0 Å². The molecule has 10 atom stereocenters. The fourth-order valence-corrected chi connectivity index (χ4v) is 4.97. The molecule has 44 heavy (non-hydrogen) atoms. The van der Waals surface area contributed by atoms with E-state index in [2.05, 4.69) is 0 Å². The average Bonchev–Trinajstić information content (AvgIpc) is 3.00. The van der Waals surface area contributed by atoms with E-state index in [0.717, 1.165) is 12.1 Å². The highest BCUT2D eigenvalue weighted by molar-refractivity contribution is 5.88. The average molecular weight is 625 g/mol. The van der Waals surface area contributed by atoms with Gasteiger partial charge in [-0.25, -0.2) is 0 Å². The summed E-state index contributed by atoms with van der Waals surface area (Å²) >= 11 is 0. The molecule has 2 aromatic carbocycles. The summed E-state index contributed by atoms with van der Waals surface area (Å²) in [6.45, 7) is 0.701. The molecule has 0 radical (unpaired) electrons. The Morgan fingerprint density at radius 1 is 0.795 bits per heavy atom. The lowest BCUT2D eigenvalue weighted by atomic mass is 9.99. The van der Waals surface area contributed by atoms with Crippen LogP contribution in [0.4, 0.5) is 0 Å². The molecule has 0 bridgehead atoms. The summed E-state index contributed by atoms with van der Waals surface area (Å²) in [5.74, 6) is -2.05. The smallest absolute Gasteiger partial charge is 0.239 e. The number of aliphatic hydroxyl groups excluding tert-OH is 7. The molecular weight excluding hydrogens is 592 g/mol. The van der Waals surface area contributed by atoms with Crippen molar-refractivity contribution in [2.45, 2.75) is 68.3 Å². The molecule has 0 aliphatic carbocycles. The summed E-state index contributed by atoms with van der Waals surface area (Å²) in [6.07, 6.45) is -15.7. The number of phenolic OH excluding ortho intramolecular Hbond substituents is 2. The number of rotatable bonds is 7. The minimum Gasteiger partial charge on any atom is -0.507 e. The molecule has 0 amide bonds. The van der Waals surface area contributed by atoms with Crippen molar-refractivity contribution in [2.75, 3.05) is 13.7 Å². The Labute approximate surface area is 248 Å². The Bertz CT molecular complexity index is 1550. The SMILES string of the molecule is COc1cc(-c2oc3cc(OC4OC(CO)C(O)C(O)C4O)cc(O)c3c(=O)c2OC2OC(C)C(O)C(O)C2O)ccc1O. The van der Waals surface area contributed by atoms with Gasteiger partial charge in [-0.05, 0) is 25.1 Å². The van der Waals surface area contributed by atoms with E-state index in [4.69, 9.17) is 28.1 Å². The number of fused-ring (bicyclic) bond motifs is 1. The number of benzene rings is 2. The van der Waals surface area contributed by atoms with Crippen LogP contribution in [0.3, 0.4) is 0 Å². The topological polar surface area (TPSA) is 258 Å². The highest BCUT2D eigenvalue weighted by Gasteiger charge is 2.45. The van der Waals surface area contributed by atoms with Gasteiger partial charge in [-0.2, -0.15) is 0 Å². The standard InChI is InChI=1S/C28H32O16/c1-9-18(32)21(35)23(37)27(40-9)44-26-20(34)17-13(31)6-11(41-28-24(38)22(36)19(33)16(8-29)43-28)7-15(17)42-25(26)10-3-4-12(30)14(5-10)39-2/h3-7,9,16,18-19,21-24,27-33,35-38H,8H2,1-2H3. The van der Waals surface area contributed by atoms with Gasteiger partial charge in [0.2, 0.25) is 23.8 Å². The third-order valence-corrected chi connectivity index (χ3v) is 7.49. The highest BCUT2D eigenvalue weighted by atomic mass is 16.7. The number of aliphatic hydroxyl groups is 7. The second kappa shape index (κ2) is 12.4. The van der Waals surface area contributed by atoms with Crippen molar-refractivity contribution in [3.8, 4) is 40.1 Å². The Hall–Kier alpha value is -3.71. The first-order valence-electron chi connectivity index (χ1n) is 13.4. The first-order chi connectivity index (χ1) is 20.9. The number of phenols is 2. The monoisotopic (exact) mass is 624 g/mol. The van der Waals surface area contributed by atoms with Gasteiger partial charge in [0, 0.05) is 17.7 Å². The van der Waals surface area contributed by atoms with E-state index in [0.29, 0.717) is 0 Å². The number of hydrogen-bond donors (Lipinski definition) is 9. The van der Waals surface area contributed by atoms with Crippen LogP contribution in [0.15, 0.2) is 39.5 Å². The summed E-state index contributed by atoms with van der Waals surface area (Å²) in [4.78, 5) is 13.8. The Morgan fingerprint density at radius 3 is 2.11 bits per heavy atom. The zero-order valence-corrected chi connectivity index (χ0v) is 23.3. The van der Waals surface area contributed by atoms with Gasteiger partial charge in [0.05, 0.1) is 19.8 Å². The van der Waals surface area contributed by atoms with Gasteiger partial charge in [0.25, 0.3) is 0 Å². The van der Waals surface area contributed by atoms with Gasteiger partial charge in [0.15, 0.2) is 17.3 Å². The number of aromatic hydroxyl groups is 2. The van der Waals surface area contributed by atoms with Gasteiger partial charge in [-0.1, -0.05) is 0 Å². The molecule has 5 rings (SSSR count). The summed E-state index contributed by atoms with van der Waals surface area (Å²) in [5.41, 5.74) is -1.13. The molecule has 9 N–H and O–H groups in total. The second-order valence-corrected chi connectivity index (χ2v) is 10.4. The van der Waals surface area contributed by atoms with Crippen LogP contribution in [0.5, 0.6) is 28.7 Å². The van der Waals surface area contributed by atoms with Gasteiger partial charge >= 0.3 is 0 Å². The van der Waals surface area contributed by atoms with E-state index >= 15 is 0 Å². The van der Waals surface area contributed by atoms with Crippen molar-refractivity contribution in [1.82, 2.24) is 0 Å². The normalized spacial score (nSPS) is 32.4. The maximum Gasteiger partial charge on any atom is 0.239 e. The first kappa shape index (κ1) is 31.7. The highest BCUT2D eigenvalue weighted by Crippen LogP contribution is 2.40. The number of ether oxygens (including phenoxy) is 5. The molecule has 3 heterocycles. The zero-order valence-electron chi connectivity index (χ0n) is 23.3. The summed E-state index contributed by atoms with van der Waals surface area (Å²) in [5, 5.41) is 91.3. The van der Waals surface area contributed by atoms with Crippen LogP contribution < -0.4 is 19.6 Å². The van der Waals surface area contributed by atoms with E-state index in [1.807, 2.05) is 0 Å². The van der Waals surface area contributed by atoms with E-state index in [1.165, 1.54) is 32.2 Å². The lowest BCUT2D eigenvalue weighted by molar-refractivity contribution is -0.277. The molecule has 240 valence electrons. The fourth-order valence-electron chi connectivity index (χ4n) is 4.97. The predicted molar refractivity (Wildman–Crippen MR) is 145 cm³/mol. The third kappa shape index (κ3) is 5.63. The number of methoxy groups -OCH3 is 1. The molecule has 10 unspecified atom stereocenters. The van der Waals surface area contributed by atoms with Crippen molar-refractivity contribution in [3.05, 3.63) is 40.6 Å². The second-order valence-electron chi connectivity index (χ2n) is 10.4. The molecule has 2 aliphatic heterocycles. The van der Waals surface area contributed by atoms with Crippen molar-refractivity contribution < 1.29 is 74.1 Å². The van der Waals surface area contributed by atoms with Gasteiger partial charge in [-0.15, -0.1) is 0 Å². The quantitative estimate of drug-likeness (QED) is 0.141. The maximum absolute atomic E-state index is 13.8. The lowest BCUT2D eigenvalue weighted by Crippen LogP contribution is -2.60. The molecule has 16 heteroatoms. The molecule has 1 aromatic heterocycles. The largest absolute Gasteiger partial charge is 0.507 e. The van der Waals surface area contributed by atoms with E-state index < -0.39 is 90.3 Å². The molecule has 16 nitrogen and oxygen atoms in total. The Balaban J connectivity index is 1.61. The number of hydrogen-bond acceptors (Lipinski definition) is 16. The Morgan fingerprint density at radius 2 is 1.45 bits per heavy atom. The third-order valence-electron chi connectivity index (χ3n) is 7.49. The van der Waals surface area contributed by atoms with Crippen LogP contribution in [-0.2, 0) is 9.47 Å². The van der Waals surface area contributed by atoms with Gasteiger partial charge < -0.3 is 74.1 Å². The molecule has 2 saturated heterocycles. The van der Waals surface area contributed by atoms with Crippen LogP contribution in [-0.4, -0.2) is 121 Å². The summed E-state index contributed by atoms with van der Waals surface area (Å²) < 4.78 is 33.3. The van der Waals surface area contributed by atoms with Crippen LogP contribution in [0.1, 0.15) is 6.92 Å². The molecule has 0 spiro atoms. The van der Waals surface area contributed by atoms with Crippen LogP contribution in [0, 0.1) is 0 Å². The minimum absolute atomic E-state index is 0.0140. The molecule has 2 aliphatic rings. The molecule has 2 fully saturated rings. The lowest BCUT2D eigenvalue weighted by Gasteiger charge is -2.39. The van der Waals surface area contributed by atoms with Crippen LogP contribution in [0.25, 0.3) is 22.3 Å². The van der Waals surface area contributed by atoms with E-state index in [1.54, 1.807) is 0 Å². The maximum atomic E-state index is 13.8. The summed E-state index contributed by atoms with van der Waals surface area (Å²) in [7, 11) is 1.29.